The Kier molecular flexibility index (Phi) is 4.87. The summed E-state index contributed by atoms with van der Waals surface area (Å²) in [5.74, 6) is 0. The van der Waals surface area contributed by atoms with Crippen molar-refractivity contribution in [3.63, 3.8) is 0 Å². The maximum atomic E-state index is 3.78. The Hall–Kier alpha value is -0.0800. The van der Waals surface area contributed by atoms with Crippen LogP contribution in [0, 0.1) is 5.41 Å². The SMILES string of the molecule is CC1(C)CCCC(NCCN2CCCC2)CC1. The third-order valence-corrected chi connectivity index (χ3v) is 4.64. The molecule has 2 heteroatoms. The summed E-state index contributed by atoms with van der Waals surface area (Å²) in [5.41, 5.74) is 0.589. The summed E-state index contributed by atoms with van der Waals surface area (Å²) in [5, 5.41) is 3.78. The largest absolute Gasteiger partial charge is 0.313 e. The number of nitrogens with zero attached hydrogens (tertiary/aromatic N) is 1. The lowest BCUT2D eigenvalue weighted by Crippen LogP contribution is -2.36. The first-order valence-corrected chi connectivity index (χ1v) is 7.61. The van der Waals surface area contributed by atoms with Gasteiger partial charge in [-0.05, 0) is 57.0 Å². The maximum Gasteiger partial charge on any atom is 0.0107 e. The van der Waals surface area contributed by atoms with Gasteiger partial charge in [-0.3, -0.25) is 0 Å². The number of likely N-dealkylation sites (tertiary alicyclic amines) is 1. The summed E-state index contributed by atoms with van der Waals surface area (Å²) >= 11 is 0. The molecule has 0 radical (unpaired) electrons. The van der Waals surface area contributed by atoms with Crippen molar-refractivity contribution in [3.8, 4) is 0 Å². The third kappa shape index (κ3) is 4.59. The van der Waals surface area contributed by atoms with Crippen LogP contribution in [0.4, 0.5) is 0 Å². The molecule has 1 heterocycles. The second kappa shape index (κ2) is 6.19. The topological polar surface area (TPSA) is 15.3 Å². The van der Waals surface area contributed by atoms with Crippen LogP contribution in [-0.2, 0) is 0 Å². The predicted octanol–water partition coefficient (Wildman–Crippen LogP) is 3.03. The van der Waals surface area contributed by atoms with Gasteiger partial charge in [0.1, 0.15) is 0 Å². The van der Waals surface area contributed by atoms with E-state index in [2.05, 4.69) is 24.1 Å². The summed E-state index contributed by atoms with van der Waals surface area (Å²) in [4.78, 5) is 2.60. The Labute approximate surface area is 107 Å². The van der Waals surface area contributed by atoms with Gasteiger partial charge >= 0.3 is 0 Å². The molecule has 2 aliphatic rings. The fourth-order valence-electron chi connectivity index (χ4n) is 3.30. The molecule has 17 heavy (non-hydrogen) atoms. The molecular weight excluding hydrogens is 208 g/mol. The highest BCUT2D eigenvalue weighted by Gasteiger charge is 2.24. The summed E-state index contributed by atoms with van der Waals surface area (Å²) < 4.78 is 0. The van der Waals surface area contributed by atoms with Crippen molar-refractivity contribution >= 4 is 0 Å². The lowest BCUT2D eigenvalue weighted by atomic mass is 9.85. The Balaban J connectivity index is 1.62. The summed E-state index contributed by atoms with van der Waals surface area (Å²) in [6, 6.07) is 0.791. The quantitative estimate of drug-likeness (QED) is 0.757. The Morgan fingerprint density at radius 2 is 1.82 bits per heavy atom. The molecule has 0 amide bonds. The second-order valence-corrected chi connectivity index (χ2v) is 6.79. The van der Waals surface area contributed by atoms with E-state index in [9.17, 15) is 0 Å². The maximum absolute atomic E-state index is 3.78. The van der Waals surface area contributed by atoms with E-state index >= 15 is 0 Å². The molecule has 1 saturated carbocycles. The van der Waals surface area contributed by atoms with Crippen molar-refractivity contribution < 1.29 is 0 Å². The normalized spacial score (nSPS) is 30.4. The fraction of sp³-hybridized carbons (Fsp3) is 1.00. The second-order valence-electron chi connectivity index (χ2n) is 6.79. The highest BCUT2D eigenvalue weighted by Crippen LogP contribution is 2.33. The van der Waals surface area contributed by atoms with E-state index in [1.807, 2.05) is 0 Å². The van der Waals surface area contributed by atoms with E-state index in [4.69, 9.17) is 0 Å². The first-order chi connectivity index (χ1) is 8.16. The minimum absolute atomic E-state index is 0.589. The van der Waals surface area contributed by atoms with Crippen molar-refractivity contribution in [3.05, 3.63) is 0 Å². The van der Waals surface area contributed by atoms with Gasteiger partial charge in [0.15, 0.2) is 0 Å². The third-order valence-electron chi connectivity index (χ3n) is 4.64. The van der Waals surface area contributed by atoms with Crippen LogP contribution in [0.3, 0.4) is 0 Å². The van der Waals surface area contributed by atoms with Crippen molar-refractivity contribution in [2.45, 2.75) is 64.8 Å². The van der Waals surface area contributed by atoms with Crippen LogP contribution in [0.5, 0.6) is 0 Å². The lowest BCUT2D eigenvalue weighted by molar-refractivity contribution is 0.303. The Morgan fingerprint density at radius 1 is 1.06 bits per heavy atom. The van der Waals surface area contributed by atoms with E-state index in [0.717, 1.165) is 6.04 Å². The van der Waals surface area contributed by atoms with Gasteiger partial charge in [-0.15, -0.1) is 0 Å². The van der Waals surface area contributed by atoms with E-state index in [1.165, 1.54) is 71.1 Å². The smallest absolute Gasteiger partial charge is 0.0107 e. The van der Waals surface area contributed by atoms with Gasteiger partial charge in [-0.25, -0.2) is 0 Å². The van der Waals surface area contributed by atoms with E-state index < -0.39 is 0 Å². The van der Waals surface area contributed by atoms with Crippen molar-refractivity contribution in [1.82, 2.24) is 10.2 Å². The van der Waals surface area contributed by atoms with Crippen LogP contribution in [-0.4, -0.2) is 37.1 Å². The van der Waals surface area contributed by atoms with E-state index in [0.29, 0.717) is 5.41 Å². The van der Waals surface area contributed by atoms with E-state index in [-0.39, 0.29) is 0 Å². The first kappa shape index (κ1) is 13.4. The van der Waals surface area contributed by atoms with Crippen molar-refractivity contribution in [1.29, 1.82) is 0 Å². The van der Waals surface area contributed by atoms with Crippen LogP contribution in [0.25, 0.3) is 0 Å². The minimum atomic E-state index is 0.589. The molecule has 0 bridgehead atoms. The zero-order chi connectivity index (χ0) is 12.1. The van der Waals surface area contributed by atoms with Gasteiger partial charge in [-0.2, -0.15) is 0 Å². The highest BCUT2D eigenvalue weighted by molar-refractivity contribution is 4.80. The van der Waals surface area contributed by atoms with Gasteiger partial charge in [0.05, 0.1) is 0 Å². The highest BCUT2D eigenvalue weighted by atomic mass is 15.2. The van der Waals surface area contributed by atoms with Crippen LogP contribution in [0.15, 0.2) is 0 Å². The molecule has 1 aliphatic heterocycles. The van der Waals surface area contributed by atoms with Gasteiger partial charge < -0.3 is 10.2 Å². The zero-order valence-corrected chi connectivity index (χ0v) is 11.8. The van der Waals surface area contributed by atoms with Crippen LogP contribution in [0.1, 0.15) is 58.8 Å². The van der Waals surface area contributed by atoms with Gasteiger partial charge in [0.25, 0.3) is 0 Å². The molecule has 1 aliphatic carbocycles. The molecule has 0 spiro atoms. The average molecular weight is 238 g/mol. The van der Waals surface area contributed by atoms with Gasteiger partial charge in [0, 0.05) is 19.1 Å². The monoisotopic (exact) mass is 238 g/mol. The zero-order valence-electron chi connectivity index (χ0n) is 11.8. The Bertz CT molecular complexity index is 219. The number of hydrogen-bond acceptors (Lipinski definition) is 2. The minimum Gasteiger partial charge on any atom is -0.313 e. The molecule has 0 aromatic heterocycles. The summed E-state index contributed by atoms with van der Waals surface area (Å²) in [6.07, 6.45) is 9.83. The first-order valence-electron chi connectivity index (χ1n) is 7.61. The number of hydrogen-bond donors (Lipinski definition) is 1. The average Bonchev–Trinajstić information content (AvgIpc) is 2.72. The standard InChI is InChI=1S/C15H30N2/c1-15(2)8-5-6-14(7-9-15)16-10-13-17-11-3-4-12-17/h14,16H,3-13H2,1-2H3. The van der Waals surface area contributed by atoms with E-state index in [1.54, 1.807) is 0 Å². The summed E-state index contributed by atoms with van der Waals surface area (Å²) in [7, 11) is 0. The predicted molar refractivity (Wildman–Crippen MR) is 74.3 cm³/mol. The molecule has 100 valence electrons. The molecule has 2 rings (SSSR count). The number of nitrogens with one attached hydrogen (secondary N) is 1. The number of rotatable bonds is 4. The molecule has 1 unspecified atom stereocenters. The van der Waals surface area contributed by atoms with Crippen molar-refractivity contribution in [2.24, 2.45) is 5.41 Å². The molecular formula is C15H30N2. The summed E-state index contributed by atoms with van der Waals surface area (Å²) in [6.45, 7) is 9.99. The van der Waals surface area contributed by atoms with Gasteiger partial charge in [-0.1, -0.05) is 20.3 Å². The molecule has 1 saturated heterocycles. The fourth-order valence-corrected chi connectivity index (χ4v) is 3.30. The van der Waals surface area contributed by atoms with Crippen LogP contribution >= 0.6 is 0 Å². The van der Waals surface area contributed by atoms with Crippen LogP contribution in [0.2, 0.25) is 0 Å². The molecule has 0 aromatic carbocycles. The van der Waals surface area contributed by atoms with Crippen molar-refractivity contribution in [2.75, 3.05) is 26.2 Å². The Morgan fingerprint density at radius 3 is 2.59 bits per heavy atom. The van der Waals surface area contributed by atoms with Crippen LogP contribution < -0.4 is 5.32 Å². The molecule has 0 aromatic rings. The van der Waals surface area contributed by atoms with Gasteiger partial charge in [0.2, 0.25) is 0 Å². The molecule has 2 fully saturated rings. The molecule has 1 N–H and O–H groups in total. The molecule has 1 atom stereocenters. The molecule has 2 nitrogen and oxygen atoms in total. The lowest BCUT2D eigenvalue weighted by Gasteiger charge is -2.22.